The van der Waals surface area contributed by atoms with Crippen molar-refractivity contribution in [2.24, 2.45) is 0 Å². The van der Waals surface area contributed by atoms with Gasteiger partial charge in [0, 0.05) is 18.1 Å². The van der Waals surface area contributed by atoms with Crippen molar-refractivity contribution >= 4 is 6.09 Å². The van der Waals surface area contributed by atoms with E-state index in [1.165, 1.54) is 32.1 Å². The van der Waals surface area contributed by atoms with Gasteiger partial charge in [0.25, 0.3) is 0 Å². The lowest BCUT2D eigenvalue weighted by molar-refractivity contribution is 0.0505. The van der Waals surface area contributed by atoms with Crippen molar-refractivity contribution in [1.82, 2.24) is 10.6 Å². The van der Waals surface area contributed by atoms with E-state index in [0.29, 0.717) is 12.1 Å². The SMILES string of the molecule is CCCCC(CCC)NC1CCC(NC(=O)OC(C)(C)C)C1. The van der Waals surface area contributed by atoms with Crippen molar-refractivity contribution in [2.45, 2.75) is 110 Å². The van der Waals surface area contributed by atoms with Gasteiger partial charge in [-0.3, -0.25) is 0 Å². The first-order valence-electron chi connectivity index (χ1n) is 9.09. The molecule has 4 nitrogen and oxygen atoms in total. The van der Waals surface area contributed by atoms with Crippen molar-refractivity contribution in [3.05, 3.63) is 0 Å². The normalized spacial score (nSPS) is 23.3. The summed E-state index contributed by atoms with van der Waals surface area (Å²) in [6, 6.07) is 1.42. The van der Waals surface area contributed by atoms with Crippen molar-refractivity contribution in [2.75, 3.05) is 0 Å². The van der Waals surface area contributed by atoms with Gasteiger partial charge in [0.15, 0.2) is 0 Å². The molecule has 3 atom stereocenters. The zero-order valence-electron chi connectivity index (χ0n) is 15.2. The smallest absolute Gasteiger partial charge is 0.407 e. The number of alkyl carbamates (subject to hydrolysis) is 1. The number of carbonyl (C=O) groups excluding carboxylic acids is 1. The highest BCUT2D eigenvalue weighted by atomic mass is 16.6. The van der Waals surface area contributed by atoms with Crippen LogP contribution in [0.4, 0.5) is 4.79 Å². The molecule has 0 aliphatic heterocycles. The largest absolute Gasteiger partial charge is 0.444 e. The van der Waals surface area contributed by atoms with Crippen LogP contribution in [0.25, 0.3) is 0 Å². The summed E-state index contributed by atoms with van der Waals surface area (Å²) >= 11 is 0. The molecule has 1 saturated carbocycles. The number of nitrogens with one attached hydrogen (secondary N) is 2. The summed E-state index contributed by atoms with van der Waals surface area (Å²) in [5, 5.41) is 6.82. The van der Waals surface area contributed by atoms with E-state index >= 15 is 0 Å². The fourth-order valence-electron chi connectivity index (χ4n) is 3.18. The van der Waals surface area contributed by atoms with Crippen LogP contribution in [0.15, 0.2) is 0 Å². The Morgan fingerprint density at radius 3 is 2.41 bits per heavy atom. The second kappa shape index (κ2) is 9.39. The maximum absolute atomic E-state index is 11.8. The second-order valence-corrected chi connectivity index (χ2v) is 7.65. The van der Waals surface area contributed by atoms with Gasteiger partial charge in [0.1, 0.15) is 5.60 Å². The highest BCUT2D eigenvalue weighted by Crippen LogP contribution is 2.22. The average Bonchev–Trinajstić information content (AvgIpc) is 2.81. The minimum absolute atomic E-state index is 0.251. The van der Waals surface area contributed by atoms with Gasteiger partial charge in [-0.1, -0.05) is 33.1 Å². The molecule has 4 heteroatoms. The maximum Gasteiger partial charge on any atom is 0.407 e. The van der Waals surface area contributed by atoms with Crippen LogP contribution in [0, 0.1) is 0 Å². The van der Waals surface area contributed by atoms with Gasteiger partial charge < -0.3 is 15.4 Å². The predicted molar refractivity (Wildman–Crippen MR) is 92.2 cm³/mol. The molecule has 0 bridgehead atoms. The van der Waals surface area contributed by atoms with Gasteiger partial charge in [0.05, 0.1) is 0 Å². The number of ether oxygens (including phenoxy) is 1. The first-order valence-corrected chi connectivity index (χ1v) is 9.09. The number of hydrogen-bond acceptors (Lipinski definition) is 3. The first kappa shape index (κ1) is 19.3. The zero-order chi connectivity index (χ0) is 16.6. The molecule has 3 unspecified atom stereocenters. The number of rotatable bonds is 8. The van der Waals surface area contributed by atoms with Crippen LogP contribution >= 0.6 is 0 Å². The Bertz CT molecular complexity index is 326. The molecule has 1 amide bonds. The standard InChI is InChI=1S/C18H36N2O2/c1-6-8-10-14(9-7-2)19-15-11-12-16(13-15)20-17(21)22-18(3,4)5/h14-16,19H,6-13H2,1-5H3,(H,20,21). The monoisotopic (exact) mass is 312 g/mol. The highest BCUT2D eigenvalue weighted by molar-refractivity contribution is 5.68. The second-order valence-electron chi connectivity index (χ2n) is 7.65. The fraction of sp³-hybridized carbons (Fsp3) is 0.944. The van der Waals surface area contributed by atoms with E-state index < -0.39 is 5.60 Å². The Morgan fingerprint density at radius 2 is 1.82 bits per heavy atom. The Balaban J connectivity index is 2.33. The van der Waals surface area contributed by atoms with Gasteiger partial charge in [-0.25, -0.2) is 4.79 Å². The van der Waals surface area contributed by atoms with Crippen molar-refractivity contribution < 1.29 is 9.53 Å². The molecular weight excluding hydrogens is 276 g/mol. The van der Waals surface area contributed by atoms with Crippen molar-refractivity contribution in [3.8, 4) is 0 Å². The minimum atomic E-state index is -0.424. The number of amides is 1. The molecule has 0 aromatic carbocycles. The minimum Gasteiger partial charge on any atom is -0.444 e. The molecule has 22 heavy (non-hydrogen) atoms. The van der Waals surface area contributed by atoms with Gasteiger partial charge in [-0.2, -0.15) is 0 Å². The highest BCUT2D eigenvalue weighted by Gasteiger charge is 2.28. The molecule has 130 valence electrons. The van der Waals surface area contributed by atoms with Crippen LogP contribution in [-0.4, -0.2) is 29.8 Å². The first-order chi connectivity index (χ1) is 10.3. The third kappa shape index (κ3) is 8.02. The van der Waals surface area contributed by atoms with Gasteiger partial charge >= 0.3 is 6.09 Å². The third-order valence-corrected chi connectivity index (χ3v) is 4.17. The number of carbonyl (C=O) groups is 1. The van der Waals surface area contributed by atoms with Gasteiger partial charge in [-0.15, -0.1) is 0 Å². The molecule has 0 radical (unpaired) electrons. The molecule has 1 aliphatic carbocycles. The molecule has 0 aromatic heterocycles. The lowest BCUT2D eigenvalue weighted by atomic mass is 10.0. The van der Waals surface area contributed by atoms with Crippen molar-refractivity contribution in [1.29, 1.82) is 0 Å². The lowest BCUT2D eigenvalue weighted by Crippen LogP contribution is -2.40. The molecular formula is C18H36N2O2. The van der Waals surface area contributed by atoms with E-state index in [0.717, 1.165) is 19.3 Å². The zero-order valence-corrected chi connectivity index (χ0v) is 15.2. The van der Waals surface area contributed by atoms with Crippen LogP contribution in [0.2, 0.25) is 0 Å². The Morgan fingerprint density at radius 1 is 1.14 bits per heavy atom. The van der Waals surface area contributed by atoms with Crippen LogP contribution in [0.3, 0.4) is 0 Å². The maximum atomic E-state index is 11.8. The summed E-state index contributed by atoms with van der Waals surface area (Å²) in [4.78, 5) is 11.8. The van der Waals surface area contributed by atoms with Crippen LogP contribution < -0.4 is 10.6 Å². The van der Waals surface area contributed by atoms with E-state index in [-0.39, 0.29) is 12.1 Å². The Hall–Kier alpha value is -0.770. The molecule has 0 spiro atoms. The van der Waals surface area contributed by atoms with E-state index in [1.807, 2.05) is 20.8 Å². The van der Waals surface area contributed by atoms with E-state index in [9.17, 15) is 4.79 Å². The summed E-state index contributed by atoms with van der Waals surface area (Å²) in [5.74, 6) is 0. The van der Waals surface area contributed by atoms with Gasteiger partial charge in [-0.05, 0) is 52.9 Å². The van der Waals surface area contributed by atoms with Crippen LogP contribution in [0.5, 0.6) is 0 Å². The Labute approximate surface area is 136 Å². The number of unbranched alkanes of at least 4 members (excludes halogenated alkanes) is 1. The molecule has 0 aromatic rings. The quantitative estimate of drug-likeness (QED) is 0.699. The van der Waals surface area contributed by atoms with E-state index in [4.69, 9.17) is 4.74 Å². The van der Waals surface area contributed by atoms with Crippen molar-refractivity contribution in [3.63, 3.8) is 0 Å². The van der Waals surface area contributed by atoms with E-state index in [2.05, 4.69) is 24.5 Å². The molecule has 0 saturated heterocycles. The topological polar surface area (TPSA) is 50.4 Å². The van der Waals surface area contributed by atoms with Gasteiger partial charge in [0.2, 0.25) is 0 Å². The molecule has 1 aliphatic rings. The third-order valence-electron chi connectivity index (χ3n) is 4.17. The summed E-state index contributed by atoms with van der Waals surface area (Å²) in [6.07, 6.45) is 9.23. The fourth-order valence-corrected chi connectivity index (χ4v) is 3.18. The lowest BCUT2D eigenvalue weighted by Gasteiger charge is -2.24. The van der Waals surface area contributed by atoms with Crippen LogP contribution in [0.1, 0.15) is 86.0 Å². The molecule has 1 rings (SSSR count). The summed E-state index contributed by atoms with van der Waals surface area (Å²) in [7, 11) is 0. The molecule has 2 N–H and O–H groups in total. The summed E-state index contributed by atoms with van der Waals surface area (Å²) in [5.41, 5.74) is -0.424. The van der Waals surface area contributed by atoms with Crippen LogP contribution in [-0.2, 0) is 4.74 Å². The molecule has 1 fully saturated rings. The summed E-state index contributed by atoms with van der Waals surface area (Å²) in [6.45, 7) is 10.2. The molecule has 0 heterocycles. The predicted octanol–water partition coefficient (Wildman–Crippen LogP) is 4.38. The van der Waals surface area contributed by atoms with E-state index in [1.54, 1.807) is 0 Å². The number of hydrogen-bond donors (Lipinski definition) is 2. The average molecular weight is 312 g/mol. The summed E-state index contributed by atoms with van der Waals surface area (Å²) < 4.78 is 5.34. The Kier molecular flexibility index (Phi) is 8.23.